The number of ether oxygens (including phenoxy) is 1. The van der Waals surface area contributed by atoms with Crippen LogP contribution in [0.4, 0.5) is 11.8 Å². The minimum absolute atomic E-state index is 0.191. The number of hydrogen-bond donors (Lipinski definition) is 2. The molecule has 5 heterocycles. The van der Waals surface area contributed by atoms with E-state index in [2.05, 4.69) is 55.5 Å². The van der Waals surface area contributed by atoms with Crippen LogP contribution in [-0.4, -0.2) is 95.1 Å². The number of rotatable bonds is 9. The number of aromatic nitrogens is 3. The number of nitrogens with one attached hydrogen (secondary N) is 2. The second kappa shape index (κ2) is 13.3. The van der Waals surface area contributed by atoms with E-state index in [-0.39, 0.29) is 23.9 Å². The molecule has 2 amide bonds. The van der Waals surface area contributed by atoms with E-state index in [0.29, 0.717) is 48.0 Å². The zero-order chi connectivity index (χ0) is 31.7. The molecule has 3 aliphatic heterocycles. The summed E-state index contributed by atoms with van der Waals surface area (Å²) >= 11 is 6.52. The SMILES string of the molecule is CC(NC(=O)C(C)N1Cc2ccc(-c3nc(NC4CCOCC4)ncc3Cl)cc2C1=O)c1ccnc(N2CC[C@H](N(C)C)C2)c1. The maximum atomic E-state index is 13.6. The first-order valence-corrected chi connectivity index (χ1v) is 16.0. The lowest BCUT2D eigenvalue weighted by Gasteiger charge is -2.26. The van der Waals surface area contributed by atoms with Crippen molar-refractivity contribution in [1.82, 2.24) is 30.1 Å². The first kappa shape index (κ1) is 31.2. The van der Waals surface area contributed by atoms with Gasteiger partial charge in [-0.2, -0.15) is 0 Å². The molecule has 0 spiro atoms. The summed E-state index contributed by atoms with van der Waals surface area (Å²) in [5.41, 5.74) is 3.66. The number of hydrogen-bond acceptors (Lipinski definition) is 9. The van der Waals surface area contributed by atoms with Crippen molar-refractivity contribution in [3.63, 3.8) is 0 Å². The van der Waals surface area contributed by atoms with Crippen molar-refractivity contribution in [3.05, 3.63) is 64.4 Å². The quantitative estimate of drug-likeness (QED) is 0.359. The number of halogens is 1. The fourth-order valence-corrected chi connectivity index (χ4v) is 6.45. The lowest BCUT2D eigenvalue weighted by Crippen LogP contribution is -2.45. The van der Waals surface area contributed by atoms with Crippen LogP contribution in [-0.2, 0) is 16.1 Å². The molecule has 6 rings (SSSR count). The van der Waals surface area contributed by atoms with Crippen LogP contribution < -0.4 is 15.5 Å². The van der Waals surface area contributed by atoms with Crippen molar-refractivity contribution < 1.29 is 14.3 Å². The number of amides is 2. The summed E-state index contributed by atoms with van der Waals surface area (Å²) in [5, 5.41) is 6.89. The highest BCUT2D eigenvalue weighted by Gasteiger charge is 2.35. The largest absolute Gasteiger partial charge is 0.381 e. The van der Waals surface area contributed by atoms with E-state index in [1.807, 2.05) is 31.2 Å². The molecular weight excluding hydrogens is 592 g/mol. The highest BCUT2D eigenvalue weighted by atomic mass is 35.5. The lowest BCUT2D eigenvalue weighted by molar-refractivity contribution is -0.125. The van der Waals surface area contributed by atoms with Crippen molar-refractivity contribution in [2.75, 3.05) is 50.6 Å². The third-order valence-electron chi connectivity index (χ3n) is 9.21. The Morgan fingerprint density at radius 2 is 1.91 bits per heavy atom. The van der Waals surface area contributed by atoms with Gasteiger partial charge >= 0.3 is 0 Å². The average molecular weight is 633 g/mol. The standard InChI is InChI=1S/C33H41ClN8O3/c1-20(22-7-11-35-29(16-22)41-12-8-26(19-41)40(3)4)37-31(43)21(2)42-18-24-6-5-23(15-27(24)32(42)44)30-28(34)17-36-33(39-30)38-25-9-13-45-14-10-25/h5-7,11,15-17,20-21,25-26H,8-10,12-14,18-19H2,1-4H3,(H,37,43)(H,36,38,39)/t20?,21?,26-/m0/s1. The van der Waals surface area contributed by atoms with Gasteiger partial charge in [-0.1, -0.05) is 23.7 Å². The van der Waals surface area contributed by atoms with Crippen LogP contribution in [0.15, 0.2) is 42.7 Å². The molecule has 3 atom stereocenters. The Morgan fingerprint density at radius 1 is 1.11 bits per heavy atom. The van der Waals surface area contributed by atoms with Gasteiger partial charge in [0.05, 0.1) is 23.0 Å². The molecular formula is C33H41ClN8O3. The first-order valence-electron chi connectivity index (χ1n) is 15.7. The number of likely N-dealkylation sites (N-methyl/N-ethyl adjacent to an activating group) is 1. The van der Waals surface area contributed by atoms with Gasteiger partial charge in [-0.05, 0) is 76.5 Å². The molecule has 1 aromatic carbocycles. The molecule has 11 nitrogen and oxygen atoms in total. The number of benzene rings is 1. The van der Waals surface area contributed by atoms with E-state index in [1.165, 1.54) is 0 Å². The molecule has 0 radical (unpaired) electrons. The number of carbonyl (C=O) groups excluding carboxylic acids is 2. The highest BCUT2D eigenvalue weighted by Crippen LogP contribution is 2.33. The van der Waals surface area contributed by atoms with Crippen LogP contribution in [0.5, 0.6) is 0 Å². The van der Waals surface area contributed by atoms with Gasteiger partial charge in [-0.25, -0.2) is 15.0 Å². The molecule has 2 saturated heterocycles. The van der Waals surface area contributed by atoms with Crippen molar-refractivity contribution in [1.29, 1.82) is 0 Å². The van der Waals surface area contributed by atoms with E-state index in [1.54, 1.807) is 24.2 Å². The Kier molecular flexibility index (Phi) is 9.21. The van der Waals surface area contributed by atoms with Crippen LogP contribution in [0.25, 0.3) is 11.3 Å². The van der Waals surface area contributed by atoms with Gasteiger partial charge in [0.1, 0.15) is 11.9 Å². The fourth-order valence-electron chi connectivity index (χ4n) is 6.25. The monoisotopic (exact) mass is 632 g/mol. The Labute approximate surface area is 269 Å². The van der Waals surface area contributed by atoms with Gasteiger partial charge < -0.3 is 30.1 Å². The number of carbonyl (C=O) groups is 2. The second-order valence-electron chi connectivity index (χ2n) is 12.4. The van der Waals surface area contributed by atoms with Crippen molar-refractivity contribution in [2.24, 2.45) is 0 Å². The number of fused-ring (bicyclic) bond motifs is 1. The minimum Gasteiger partial charge on any atom is -0.381 e. The molecule has 2 N–H and O–H groups in total. The number of pyridine rings is 1. The van der Waals surface area contributed by atoms with Crippen molar-refractivity contribution >= 4 is 35.2 Å². The lowest BCUT2D eigenvalue weighted by atomic mass is 10.0. The minimum atomic E-state index is -0.658. The molecule has 2 unspecified atom stereocenters. The molecule has 0 aliphatic carbocycles. The maximum absolute atomic E-state index is 13.6. The van der Waals surface area contributed by atoms with Crippen LogP contribution in [0.3, 0.4) is 0 Å². The topological polar surface area (TPSA) is 116 Å². The Hall–Kier alpha value is -3.80. The Balaban J connectivity index is 1.11. The predicted molar refractivity (Wildman–Crippen MR) is 174 cm³/mol. The second-order valence-corrected chi connectivity index (χ2v) is 12.8. The van der Waals surface area contributed by atoms with E-state index < -0.39 is 6.04 Å². The Morgan fingerprint density at radius 3 is 2.67 bits per heavy atom. The van der Waals surface area contributed by atoms with Gasteiger partial charge in [0.2, 0.25) is 11.9 Å². The summed E-state index contributed by atoms with van der Waals surface area (Å²) in [6.07, 6.45) is 6.24. The van der Waals surface area contributed by atoms with E-state index >= 15 is 0 Å². The smallest absolute Gasteiger partial charge is 0.255 e. The summed E-state index contributed by atoms with van der Waals surface area (Å²) in [5.74, 6) is 1.01. The molecule has 45 heavy (non-hydrogen) atoms. The summed E-state index contributed by atoms with van der Waals surface area (Å²) in [6.45, 7) is 7.38. The van der Waals surface area contributed by atoms with Gasteiger partial charge in [0.15, 0.2) is 0 Å². The third kappa shape index (κ3) is 6.75. The third-order valence-corrected chi connectivity index (χ3v) is 9.48. The molecule has 0 bridgehead atoms. The van der Waals surface area contributed by atoms with Gasteiger partial charge in [-0.15, -0.1) is 0 Å². The number of anilines is 2. The normalized spacial score (nSPS) is 20.0. The first-order chi connectivity index (χ1) is 21.7. The number of nitrogens with zero attached hydrogens (tertiary/aromatic N) is 6. The molecule has 2 fully saturated rings. The zero-order valence-corrected chi connectivity index (χ0v) is 27.0. The molecule has 238 valence electrons. The fraction of sp³-hybridized carbons (Fsp3) is 0.485. The Bertz CT molecular complexity index is 1560. The van der Waals surface area contributed by atoms with Gasteiger partial charge in [0.25, 0.3) is 5.91 Å². The van der Waals surface area contributed by atoms with Crippen LogP contribution in [0.1, 0.15) is 60.6 Å². The van der Waals surface area contributed by atoms with Gasteiger partial charge in [0, 0.05) is 62.3 Å². The summed E-state index contributed by atoms with van der Waals surface area (Å²) in [4.78, 5) is 46.8. The van der Waals surface area contributed by atoms with E-state index in [4.69, 9.17) is 16.3 Å². The van der Waals surface area contributed by atoms with E-state index in [9.17, 15) is 9.59 Å². The van der Waals surface area contributed by atoms with E-state index in [0.717, 1.165) is 54.9 Å². The summed E-state index contributed by atoms with van der Waals surface area (Å²) in [6, 6.07) is 9.46. The predicted octanol–water partition coefficient (Wildman–Crippen LogP) is 4.14. The summed E-state index contributed by atoms with van der Waals surface area (Å²) < 4.78 is 5.44. The van der Waals surface area contributed by atoms with Crippen molar-refractivity contribution in [2.45, 2.75) is 63.8 Å². The molecule has 12 heteroatoms. The summed E-state index contributed by atoms with van der Waals surface area (Å²) in [7, 11) is 4.21. The zero-order valence-electron chi connectivity index (χ0n) is 26.3. The van der Waals surface area contributed by atoms with Crippen LogP contribution in [0.2, 0.25) is 5.02 Å². The molecule has 0 saturated carbocycles. The van der Waals surface area contributed by atoms with Crippen molar-refractivity contribution in [3.8, 4) is 11.3 Å². The average Bonchev–Trinajstić information content (AvgIpc) is 3.67. The van der Waals surface area contributed by atoms with Crippen LogP contribution in [0, 0.1) is 0 Å². The highest BCUT2D eigenvalue weighted by molar-refractivity contribution is 6.33. The molecule has 3 aliphatic rings. The van der Waals surface area contributed by atoms with Crippen LogP contribution >= 0.6 is 11.6 Å². The molecule has 2 aromatic heterocycles. The van der Waals surface area contributed by atoms with Gasteiger partial charge in [-0.3, -0.25) is 9.59 Å². The maximum Gasteiger partial charge on any atom is 0.255 e. The molecule has 3 aromatic rings.